The van der Waals surface area contributed by atoms with Crippen LogP contribution in [-0.4, -0.2) is 14.7 Å². The van der Waals surface area contributed by atoms with Gasteiger partial charge in [0, 0.05) is 12.1 Å². The first-order valence-electron chi connectivity index (χ1n) is 6.28. The zero-order valence-electron chi connectivity index (χ0n) is 10.8. The van der Waals surface area contributed by atoms with Crippen LogP contribution in [0.2, 0.25) is 0 Å². The molecule has 0 aliphatic carbocycles. The van der Waals surface area contributed by atoms with Gasteiger partial charge in [-0.25, -0.2) is 18.2 Å². The van der Waals surface area contributed by atoms with Crippen LogP contribution in [0.5, 0.6) is 0 Å². The van der Waals surface area contributed by atoms with Crippen LogP contribution in [0.15, 0.2) is 42.7 Å². The number of aliphatic hydroxyl groups is 1. The topological polar surface area (TPSA) is 38.0 Å². The third-order valence-electron chi connectivity index (χ3n) is 3.29. The molecule has 3 aromatic rings. The Morgan fingerprint density at radius 3 is 2.43 bits per heavy atom. The summed E-state index contributed by atoms with van der Waals surface area (Å²) in [5.41, 5.74) is 1.22. The van der Waals surface area contributed by atoms with Crippen LogP contribution < -0.4 is 0 Å². The Morgan fingerprint density at radius 1 is 1.05 bits per heavy atom. The van der Waals surface area contributed by atoms with Crippen molar-refractivity contribution >= 4 is 11.0 Å². The third-order valence-corrected chi connectivity index (χ3v) is 3.29. The van der Waals surface area contributed by atoms with E-state index in [1.54, 1.807) is 0 Å². The van der Waals surface area contributed by atoms with Crippen LogP contribution in [0.3, 0.4) is 0 Å². The summed E-state index contributed by atoms with van der Waals surface area (Å²) in [6, 6.07) is 7.48. The van der Waals surface area contributed by atoms with Crippen molar-refractivity contribution in [1.29, 1.82) is 0 Å². The maximum atomic E-state index is 13.3. The minimum Gasteiger partial charge on any atom is -0.387 e. The van der Waals surface area contributed by atoms with Crippen molar-refractivity contribution < 1.29 is 18.3 Å². The minimum absolute atomic E-state index is 0.104. The zero-order valence-corrected chi connectivity index (χ0v) is 10.8. The van der Waals surface area contributed by atoms with Crippen molar-refractivity contribution in [2.24, 2.45) is 0 Å². The summed E-state index contributed by atoms with van der Waals surface area (Å²) in [6.45, 7) is 0.104. The Bertz CT molecular complexity index is 783. The Hall–Kier alpha value is -2.34. The molecular formula is C15H11F3N2O. The Morgan fingerprint density at radius 2 is 1.71 bits per heavy atom. The number of halogens is 3. The molecule has 0 aliphatic rings. The summed E-state index contributed by atoms with van der Waals surface area (Å²) < 4.78 is 40.8. The van der Waals surface area contributed by atoms with Crippen LogP contribution in [0.1, 0.15) is 11.7 Å². The maximum absolute atomic E-state index is 13.3. The van der Waals surface area contributed by atoms with Gasteiger partial charge in [0.05, 0.1) is 30.0 Å². The second-order valence-corrected chi connectivity index (χ2v) is 4.72. The molecule has 0 fully saturated rings. The Labute approximate surface area is 118 Å². The first kappa shape index (κ1) is 13.6. The second kappa shape index (κ2) is 5.21. The van der Waals surface area contributed by atoms with Crippen LogP contribution in [0.25, 0.3) is 11.0 Å². The van der Waals surface area contributed by atoms with Crippen molar-refractivity contribution in [3.05, 3.63) is 65.7 Å². The van der Waals surface area contributed by atoms with Crippen molar-refractivity contribution in [2.75, 3.05) is 0 Å². The Balaban J connectivity index is 1.91. The third kappa shape index (κ3) is 2.62. The summed E-state index contributed by atoms with van der Waals surface area (Å²) >= 11 is 0. The van der Waals surface area contributed by atoms with Crippen molar-refractivity contribution in [2.45, 2.75) is 12.6 Å². The highest BCUT2D eigenvalue weighted by molar-refractivity contribution is 5.75. The predicted molar refractivity (Wildman–Crippen MR) is 71.0 cm³/mol. The number of benzene rings is 2. The summed E-state index contributed by atoms with van der Waals surface area (Å²) in [5.74, 6) is -2.33. The van der Waals surface area contributed by atoms with E-state index in [2.05, 4.69) is 4.98 Å². The summed E-state index contributed by atoms with van der Waals surface area (Å²) in [6.07, 6.45) is 0.493. The molecule has 0 amide bonds. The summed E-state index contributed by atoms with van der Waals surface area (Å²) in [5, 5.41) is 10.1. The van der Waals surface area contributed by atoms with Gasteiger partial charge in [-0.3, -0.25) is 0 Å². The second-order valence-electron chi connectivity index (χ2n) is 4.72. The molecule has 2 aromatic carbocycles. The van der Waals surface area contributed by atoms with E-state index in [1.165, 1.54) is 35.2 Å². The van der Waals surface area contributed by atoms with E-state index in [0.717, 1.165) is 12.1 Å². The number of hydrogen-bond donors (Lipinski definition) is 1. The lowest BCUT2D eigenvalue weighted by Gasteiger charge is -2.12. The molecule has 0 bridgehead atoms. The van der Waals surface area contributed by atoms with Gasteiger partial charge < -0.3 is 9.67 Å². The largest absolute Gasteiger partial charge is 0.387 e. The van der Waals surface area contributed by atoms with Crippen LogP contribution in [0.4, 0.5) is 13.2 Å². The number of nitrogens with zero attached hydrogens (tertiary/aromatic N) is 2. The average molecular weight is 292 g/mol. The lowest BCUT2D eigenvalue weighted by Crippen LogP contribution is -2.08. The number of rotatable bonds is 3. The number of fused-ring (bicyclic) bond motifs is 1. The van der Waals surface area contributed by atoms with E-state index < -0.39 is 23.6 Å². The van der Waals surface area contributed by atoms with Gasteiger partial charge in [-0.2, -0.15) is 0 Å². The molecule has 6 heteroatoms. The molecule has 1 unspecified atom stereocenters. The monoisotopic (exact) mass is 292 g/mol. The molecule has 108 valence electrons. The molecule has 3 rings (SSSR count). The van der Waals surface area contributed by atoms with E-state index in [9.17, 15) is 18.3 Å². The van der Waals surface area contributed by atoms with E-state index >= 15 is 0 Å². The molecule has 3 nitrogen and oxygen atoms in total. The highest BCUT2D eigenvalue weighted by Crippen LogP contribution is 2.21. The standard InChI is InChI=1S/C15H11F3N2O/c16-10-3-1-9(2-4-10)15(21)7-20-8-19-13-5-11(17)12(18)6-14(13)20/h1-6,8,15,21H,7H2. The van der Waals surface area contributed by atoms with E-state index in [1.807, 2.05) is 0 Å². The van der Waals surface area contributed by atoms with Gasteiger partial charge >= 0.3 is 0 Å². The van der Waals surface area contributed by atoms with Crippen LogP contribution >= 0.6 is 0 Å². The van der Waals surface area contributed by atoms with Gasteiger partial charge in [0.2, 0.25) is 0 Å². The normalized spacial score (nSPS) is 12.8. The molecule has 21 heavy (non-hydrogen) atoms. The molecular weight excluding hydrogens is 281 g/mol. The minimum atomic E-state index is -0.972. The lowest BCUT2D eigenvalue weighted by molar-refractivity contribution is 0.158. The summed E-state index contributed by atoms with van der Waals surface area (Å²) in [7, 11) is 0. The number of aliphatic hydroxyl groups excluding tert-OH is 1. The molecule has 1 N–H and O–H groups in total. The van der Waals surface area contributed by atoms with Crippen molar-refractivity contribution in [1.82, 2.24) is 9.55 Å². The fraction of sp³-hybridized carbons (Fsp3) is 0.133. The number of aromatic nitrogens is 2. The Kier molecular flexibility index (Phi) is 3.39. The molecule has 0 spiro atoms. The molecule has 0 radical (unpaired) electrons. The number of hydrogen-bond acceptors (Lipinski definition) is 2. The van der Waals surface area contributed by atoms with Gasteiger partial charge in [0.25, 0.3) is 0 Å². The molecule has 1 atom stereocenters. The fourth-order valence-electron chi connectivity index (χ4n) is 2.18. The van der Waals surface area contributed by atoms with E-state index in [0.29, 0.717) is 16.6 Å². The molecule has 0 saturated carbocycles. The summed E-state index contributed by atoms with van der Waals surface area (Å²) in [4.78, 5) is 3.97. The number of imidazole rings is 1. The van der Waals surface area contributed by atoms with Crippen LogP contribution in [-0.2, 0) is 6.54 Å². The van der Waals surface area contributed by atoms with Crippen molar-refractivity contribution in [3.63, 3.8) is 0 Å². The first-order chi connectivity index (χ1) is 10.0. The van der Waals surface area contributed by atoms with Gasteiger partial charge in [-0.05, 0) is 17.7 Å². The fourth-order valence-corrected chi connectivity index (χ4v) is 2.18. The van der Waals surface area contributed by atoms with Crippen LogP contribution in [0, 0.1) is 17.5 Å². The van der Waals surface area contributed by atoms with E-state index in [4.69, 9.17) is 0 Å². The van der Waals surface area contributed by atoms with Gasteiger partial charge in [-0.15, -0.1) is 0 Å². The quantitative estimate of drug-likeness (QED) is 0.805. The van der Waals surface area contributed by atoms with Gasteiger partial charge in [0.1, 0.15) is 5.82 Å². The first-order valence-corrected chi connectivity index (χ1v) is 6.28. The predicted octanol–water partition coefficient (Wildman–Crippen LogP) is 3.19. The smallest absolute Gasteiger partial charge is 0.161 e. The highest BCUT2D eigenvalue weighted by Gasteiger charge is 2.13. The zero-order chi connectivity index (χ0) is 15.0. The maximum Gasteiger partial charge on any atom is 0.161 e. The van der Waals surface area contributed by atoms with E-state index in [-0.39, 0.29) is 6.54 Å². The average Bonchev–Trinajstić information content (AvgIpc) is 2.82. The molecule has 0 saturated heterocycles. The van der Waals surface area contributed by atoms with Gasteiger partial charge in [-0.1, -0.05) is 12.1 Å². The van der Waals surface area contributed by atoms with Crippen molar-refractivity contribution in [3.8, 4) is 0 Å². The SMILES string of the molecule is OC(Cn1cnc2cc(F)c(F)cc21)c1ccc(F)cc1. The molecule has 1 heterocycles. The van der Waals surface area contributed by atoms with Gasteiger partial charge in [0.15, 0.2) is 11.6 Å². The highest BCUT2D eigenvalue weighted by atomic mass is 19.2. The molecule has 1 aromatic heterocycles. The molecule has 0 aliphatic heterocycles. The lowest BCUT2D eigenvalue weighted by atomic mass is 10.1.